The van der Waals surface area contributed by atoms with E-state index in [0.29, 0.717) is 0 Å². The predicted molar refractivity (Wildman–Crippen MR) is 71.9 cm³/mol. The van der Waals surface area contributed by atoms with Crippen molar-refractivity contribution in [1.29, 1.82) is 0 Å². The summed E-state index contributed by atoms with van der Waals surface area (Å²) in [5.74, 6) is 0.868. The number of fused-ring (bicyclic) bond motifs is 1. The SMILES string of the molecule is Clc1ccc(CSc2nnc3ccccn23)s1. The van der Waals surface area contributed by atoms with Gasteiger partial charge in [0.1, 0.15) is 0 Å². The zero-order chi connectivity index (χ0) is 11.7. The predicted octanol–water partition coefficient (Wildman–Crippen LogP) is 3.74. The second-order valence-corrected chi connectivity index (χ2v) is 6.15. The van der Waals surface area contributed by atoms with Crippen molar-refractivity contribution in [1.82, 2.24) is 14.6 Å². The molecule has 0 aliphatic heterocycles. The van der Waals surface area contributed by atoms with Crippen LogP contribution in [-0.2, 0) is 5.75 Å². The molecule has 3 heterocycles. The van der Waals surface area contributed by atoms with E-state index in [2.05, 4.69) is 10.2 Å². The fraction of sp³-hybridized carbons (Fsp3) is 0.0909. The number of aromatic nitrogens is 3. The summed E-state index contributed by atoms with van der Waals surface area (Å²) in [4.78, 5) is 1.24. The van der Waals surface area contributed by atoms with Crippen LogP contribution in [0, 0.1) is 0 Å². The maximum absolute atomic E-state index is 5.89. The Labute approximate surface area is 111 Å². The summed E-state index contributed by atoms with van der Waals surface area (Å²) < 4.78 is 2.81. The number of hydrogen-bond acceptors (Lipinski definition) is 4. The van der Waals surface area contributed by atoms with Gasteiger partial charge in [-0.05, 0) is 24.3 Å². The molecule has 0 aromatic carbocycles. The van der Waals surface area contributed by atoms with Crippen LogP contribution in [-0.4, -0.2) is 14.6 Å². The molecule has 3 aromatic heterocycles. The molecule has 0 spiro atoms. The van der Waals surface area contributed by atoms with Crippen molar-refractivity contribution >= 4 is 40.3 Å². The van der Waals surface area contributed by atoms with Gasteiger partial charge in [-0.15, -0.1) is 21.5 Å². The van der Waals surface area contributed by atoms with Gasteiger partial charge in [-0.25, -0.2) is 0 Å². The van der Waals surface area contributed by atoms with E-state index in [1.54, 1.807) is 23.1 Å². The fourth-order valence-electron chi connectivity index (χ4n) is 1.48. The first-order chi connectivity index (χ1) is 8.33. The summed E-state index contributed by atoms with van der Waals surface area (Å²) in [6.45, 7) is 0. The van der Waals surface area contributed by atoms with Crippen molar-refractivity contribution < 1.29 is 0 Å². The van der Waals surface area contributed by atoms with Gasteiger partial charge in [-0.3, -0.25) is 4.40 Å². The van der Waals surface area contributed by atoms with Crippen molar-refractivity contribution in [3.63, 3.8) is 0 Å². The molecule has 0 radical (unpaired) electrons. The summed E-state index contributed by atoms with van der Waals surface area (Å²) in [5.41, 5.74) is 0.874. The van der Waals surface area contributed by atoms with E-state index < -0.39 is 0 Å². The summed E-state index contributed by atoms with van der Waals surface area (Å²) in [6, 6.07) is 9.84. The number of hydrogen-bond donors (Lipinski definition) is 0. The van der Waals surface area contributed by atoms with Crippen LogP contribution in [0.5, 0.6) is 0 Å². The molecule has 86 valence electrons. The molecule has 3 aromatic rings. The summed E-state index contributed by atoms with van der Waals surface area (Å²) in [5, 5.41) is 9.18. The second kappa shape index (κ2) is 4.68. The Morgan fingerprint density at radius 3 is 3.00 bits per heavy atom. The highest BCUT2D eigenvalue weighted by molar-refractivity contribution is 7.98. The van der Waals surface area contributed by atoms with Crippen LogP contribution < -0.4 is 0 Å². The van der Waals surface area contributed by atoms with Crippen molar-refractivity contribution in [2.45, 2.75) is 10.9 Å². The lowest BCUT2D eigenvalue weighted by molar-refractivity contribution is 0.921. The highest BCUT2D eigenvalue weighted by Gasteiger charge is 2.06. The Morgan fingerprint density at radius 1 is 1.24 bits per heavy atom. The van der Waals surface area contributed by atoms with E-state index in [1.165, 1.54) is 4.88 Å². The van der Waals surface area contributed by atoms with Gasteiger partial charge in [0.2, 0.25) is 0 Å². The molecule has 0 fully saturated rings. The lowest BCUT2D eigenvalue weighted by atomic mass is 10.5. The highest BCUT2D eigenvalue weighted by Crippen LogP contribution is 2.28. The quantitative estimate of drug-likeness (QED) is 0.685. The largest absolute Gasteiger partial charge is 0.277 e. The third-order valence-corrected chi connectivity index (χ3v) is 4.66. The zero-order valence-electron chi connectivity index (χ0n) is 8.71. The minimum Gasteiger partial charge on any atom is -0.277 e. The van der Waals surface area contributed by atoms with Crippen LogP contribution in [0.2, 0.25) is 4.34 Å². The first-order valence-electron chi connectivity index (χ1n) is 5.00. The third kappa shape index (κ3) is 2.31. The van der Waals surface area contributed by atoms with E-state index in [1.807, 2.05) is 40.9 Å². The topological polar surface area (TPSA) is 30.2 Å². The van der Waals surface area contributed by atoms with E-state index in [-0.39, 0.29) is 0 Å². The Hall–Kier alpha value is -1.04. The van der Waals surface area contributed by atoms with Crippen LogP contribution in [0.4, 0.5) is 0 Å². The number of pyridine rings is 1. The molecule has 3 nitrogen and oxygen atoms in total. The smallest absolute Gasteiger partial charge is 0.195 e. The molecule has 0 aliphatic carbocycles. The lowest BCUT2D eigenvalue weighted by Gasteiger charge is -1.97. The average Bonchev–Trinajstić information content (AvgIpc) is 2.93. The summed E-state index contributed by atoms with van der Waals surface area (Å²) in [6.07, 6.45) is 1.97. The minimum absolute atomic E-state index is 0.826. The van der Waals surface area contributed by atoms with Gasteiger partial charge in [0.05, 0.1) is 4.34 Å². The van der Waals surface area contributed by atoms with Gasteiger partial charge < -0.3 is 0 Å². The summed E-state index contributed by atoms with van der Waals surface area (Å²) in [7, 11) is 0. The molecule has 6 heteroatoms. The van der Waals surface area contributed by atoms with Gasteiger partial charge in [0.15, 0.2) is 10.8 Å². The molecule has 0 N–H and O–H groups in total. The molecule has 0 saturated carbocycles. The fourth-order valence-corrected chi connectivity index (χ4v) is 3.54. The van der Waals surface area contributed by atoms with Gasteiger partial charge in [0.25, 0.3) is 0 Å². The Balaban J connectivity index is 1.81. The number of thiophene rings is 1. The van der Waals surface area contributed by atoms with Gasteiger partial charge in [-0.2, -0.15) is 0 Å². The van der Waals surface area contributed by atoms with Crippen molar-refractivity contribution in [2.24, 2.45) is 0 Å². The minimum atomic E-state index is 0.826. The first-order valence-corrected chi connectivity index (χ1v) is 7.18. The van der Waals surface area contributed by atoms with Crippen molar-refractivity contribution in [3.8, 4) is 0 Å². The molecule has 0 saturated heterocycles. The van der Waals surface area contributed by atoms with Crippen LogP contribution >= 0.6 is 34.7 Å². The van der Waals surface area contributed by atoms with Crippen LogP contribution in [0.25, 0.3) is 5.65 Å². The number of nitrogens with zero attached hydrogens (tertiary/aromatic N) is 3. The van der Waals surface area contributed by atoms with E-state index in [0.717, 1.165) is 20.9 Å². The summed E-state index contributed by atoms with van der Waals surface area (Å²) >= 11 is 9.16. The van der Waals surface area contributed by atoms with E-state index in [4.69, 9.17) is 11.6 Å². The molecular weight excluding hydrogens is 274 g/mol. The molecule has 0 atom stereocenters. The van der Waals surface area contributed by atoms with Gasteiger partial charge >= 0.3 is 0 Å². The zero-order valence-corrected chi connectivity index (χ0v) is 11.1. The number of halogens is 1. The normalized spacial score (nSPS) is 11.1. The Kier molecular flexibility index (Phi) is 3.05. The third-order valence-electron chi connectivity index (χ3n) is 2.25. The maximum Gasteiger partial charge on any atom is 0.195 e. The van der Waals surface area contributed by atoms with Gasteiger partial charge in [0, 0.05) is 16.8 Å². The Bertz CT molecular complexity index is 647. The van der Waals surface area contributed by atoms with Crippen molar-refractivity contribution in [2.75, 3.05) is 0 Å². The highest BCUT2D eigenvalue weighted by atomic mass is 35.5. The average molecular weight is 282 g/mol. The van der Waals surface area contributed by atoms with Crippen LogP contribution in [0.3, 0.4) is 0 Å². The number of rotatable bonds is 3. The van der Waals surface area contributed by atoms with Gasteiger partial charge in [-0.1, -0.05) is 29.4 Å². The molecule has 0 aliphatic rings. The van der Waals surface area contributed by atoms with E-state index in [9.17, 15) is 0 Å². The second-order valence-electron chi connectivity index (χ2n) is 3.41. The standard InChI is InChI=1S/C11H8ClN3S2/c12-9-5-4-8(17-9)7-16-11-14-13-10-3-1-2-6-15(10)11/h1-6H,7H2. The molecule has 0 amide bonds. The molecule has 0 bridgehead atoms. The van der Waals surface area contributed by atoms with Crippen molar-refractivity contribution in [3.05, 3.63) is 45.7 Å². The van der Waals surface area contributed by atoms with E-state index >= 15 is 0 Å². The van der Waals surface area contributed by atoms with Crippen LogP contribution in [0.15, 0.2) is 41.7 Å². The molecular formula is C11H8ClN3S2. The molecule has 0 unspecified atom stereocenters. The lowest BCUT2D eigenvalue weighted by Crippen LogP contribution is -1.86. The number of thioether (sulfide) groups is 1. The monoisotopic (exact) mass is 281 g/mol. The Morgan fingerprint density at radius 2 is 2.18 bits per heavy atom. The maximum atomic E-state index is 5.89. The first kappa shape index (κ1) is 11.1. The van der Waals surface area contributed by atoms with Crippen LogP contribution in [0.1, 0.15) is 4.88 Å². The molecule has 3 rings (SSSR count). The molecule has 17 heavy (non-hydrogen) atoms.